The number of aryl methyl sites for hydroxylation is 1. The zero-order valence-electron chi connectivity index (χ0n) is 12.0. The Morgan fingerprint density at radius 1 is 1.19 bits per heavy atom. The first-order valence-electron chi connectivity index (χ1n) is 7.62. The minimum Gasteiger partial charge on any atom is -0.393 e. The number of nitrogens with one attached hydrogen (secondary N) is 2. The molecule has 0 bridgehead atoms. The predicted octanol–water partition coefficient (Wildman–Crippen LogP) is 1.63. The number of rotatable bonds is 3. The number of fused-ring (bicyclic) bond motifs is 1. The van der Waals surface area contributed by atoms with Gasteiger partial charge < -0.3 is 10.4 Å². The summed E-state index contributed by atoms with van der Waals surface area (Å²) in [5.74, 6) is 0. The lowest BCUT2D eigenvalue weighted by atomic mass is 9.94. The summed E-state index contributed by atoms with van der Waals surface area (Å²) in [6.07, 6.45) is 4.41. The fraction of sp³-hybridized carbons (Fsp3) is 0.600. The summed E-state index contributed by atoms with van der Waals surface area (Å²) >= 11 is 0. The molecule has 0 atom stereocenters. The molecule has 1 aromatic rings. The van der Waals surface area contributed by atoms with Crippen LogP contribution in [-0.2, 0) is 16.4 Å². The second-order valence-electron chi connectivity index (χ2n) is 5.98. The lowest BCUT2D eigenvalue weighted by molar-refractivity contribution is 0.120. The van der Waals surface area contributed by atoms with Crippen molar-refractivity contribution in [1.82, 2.24) is 4.72 Å². The molecule has 0 amide bonds. The van der Waals surface area contributed by atoms with Gasteiger partial charge in [0.05, 0.1) is 11.0 Å². The van der Waals surface area contributed by atoms with Gasteiger partial charge in [-0.15, -0.1) is 0 Å². The van der Waals surface area contributed by atoms with E-state index in [1.165, 1.54) is 0 Å². The lowest BCUT2D eigenvalue weighted by Gasteiger charge is -2.26. The van der Waals surface area contributed by atoms with E-state index < -0.39 is 10.0 Å². The zero-order chi connectivity index (χ0) is 14.9. The molecule has 0 aromatic heterocycles. The Kier molecular flexibility index (Phi) is 4.19. The maximum atomic E-state index is 12.5. The topological polar surface area (TPSA) is 78.4 Å². The maximum Gasteiger partial charge on any atom is 0.240 e. The van der Waals surface area contributed by atoms with E-state index >= 15 is 0 Å². The number of sulfonamides is 1. The predicted molar refractivity (Wildman–Crippen MR) is 81.8 cm³/mol. The van der Waals surface area contributed by atoms with E-state index in [0.717, 1.165) is 30.6 Å². The van der Waals surface area contributed by atoms with Crippen LogP contribution in [0, 0.1) is 0 Å². The van der Waals surface area contributed by atoms with Crippen molar-refractivity contribution in [2.24, 2.45) is 0 Å². The van der Waals surface area contributed by atoms with Gasteiger partial charge in [0.2, 0.25) is 10.0 Å². The first-order valence-corrected chi connectivity index (χ1v) is 9.10. The van der Waals surface area contributed by atoms with Crippen LogP contribution in [0.5, 0.6) is 0 Å². The van der Waals surface area contributed by atoms with Crippen molar-refractivity contribution in [2.45, 2.75) is 55.6 Å². The number of aliphatic hydroxyl groups excluding tert-OH is 1. The minimum atomic E-state index is -3.47. The van der Waals surface area contributed by atoms with E-state index in [0.29, 0.717) is 30.6 Å². The third kappa shape index (κ3) is 3.39. The molecule has 0 spiro atoms. The largest absolute Gasteiger partial charge is 0.393 e. The summed E-state index contributed by atoms with van der Waals surface area (Å²) in [7, 11) is -3.47. The third-order valence-corrected chi connectivity index (χ3v) is 5.86. The molecule has 6 heteroatoms. The highest BCUT2D eigenvalue weighted by Crippen LogP contribution is 2.26. The van der Waals surface area contributed by atoms with Crippen LogP contribution < -0.4 is 10.0 Å². The van der Waals surface area contributed by atoms with Gasteiger partial charge in [0, 0.05) is 18.3 Å². The molecule has 2 aliphatic rings. The summed E-state index contributed by atoms with van der Waals surface area (Å²) in [6.45, 7) is 0.946. The van der Waals surface area contributed by atoms with Gasteiger partial charge in [0.25, 0.3) is 0 Å². The summed E-state index contributed by atoms with van der Waals surface area (Å²) in [5.41, 5.74) is 2.11. The molecule has 116 valence electrons. The molecule has 5 nitrogen and oxygen atoms in total. The van der Waals surface area contributed by atoms with E-state index in [1.807, 2.05) is 6.07 Å². The van der Waals surface area contributed by atoms with Crippen LogP contribution in [0.3, 0.4) is 0 Å². The van der Waals surface area contributed by atoms with Crippen molar-refractivity contribution < 1.29 is 13.5 Å². The highest BCUT2D eigenvalue weighted by Gasteiger charge is 2.25. The van der Waals surface area contributed by atoms with Crippen LogP contribution in [0.2, 0.25) is 0 Å². The monoisotopic (exact) mass is 310 g/mol. The smallest absolute Gasteiger partial charge is 0.240 e. The number of hydrogen-bond acceptors (Lipinski definition) is 4. The van der Waals surface area contributed by atoms with Crippen molar-refractivity contribution >= 4 is 15.7 Å². The Morgan fingerprint density at radius 2 is 1.95 bits per heavy atom. The highest BCUT2D eigenvalue weighted by molar-refractivity contribution is 7.89. The van der Waals surface area contributed by atoms with Gasteiger partial charge in [-0.05, 0) is 62.3 Å². The Hall–Kier alpha value is -1.11. The summed E-state index contributed by atoms with van der Waals surface area (Å²) in [6, 6.07) is 5.24. The average molecular weight is 310 g/mol. The molecule has 1 saturated carbocycles. The van der Waals surface area contributed by atoms with Gasteiger partial charge in [0.15, 0.2) is 0 Å². The quantitative estimate of drug-likeness (QED) is 0.793. The van der Waals surface area contributed by atoms with Gasteiger partial charge in [-0.1, -0.05) is 0 Å². The van der Waals surface area contributed by atoms with Gasteiger partial charge in [0.1, 0.15) is 0 Å². The second kappa shape index (κ2) is 5.94. The van der Waals surface area contributed by atoms with Crippen molar-refractivity contribution in [3.8, 4) is 0 Å². The van der Waals surface area contributed by atoms with E-state index in [1.54, 1.807) is 12.1 Å². The molecular weight excluding hydrogens is 288 g/mol. The first-order chi connectivity index (χ1) is 10.0. The molecule has 0 saturated heterocycles. The fourth-order valence-electron chi connectivity index (χ4n) is 3.10. The van der Waals surface area contributed by atoms with Gasteiger partial charge in [-0.3, -0.25) is 0 Å². The van der Waals surface area contributed by atoms with Gasteiger partial charge in [-0.2, -0.15) is 0 Å². The van der Waals surface area contributed by atoms with E-state index in [2.05, 4.69) is 10.0 Å². The SMILES string of the molecule is O=S(=O)(N[C@H]1CC[C@H](O)CC1)c1ccc2c(c1)CCCN2. The fourth-order valence-corrected chi connectivity index (χ4v) is 4.45. The molecule has 1 aliphatic carbocycles. The number of anilines is 1. The Labute approximate surface area is 125 Å². The lowest BCUT2D eigenvalue weighted by Crippen LogP contribution is -2.38. The maximum absolute atomic E-state index is 12.5. The van der Waals surface area contributed by atoms with Crippen LogP contribution in [0.25, 0.3) is 0 Å². The highest BCUT2D eigenvalue weighted by atomic mass is 32.2. The average Bonchev–Trinajstić information content (AvgIpc) is 2.49. The summed E-state index contributed by atoms with van der Waals surface area (Å²) < 4.78 is 27.7. The van der Waals surface area contributed by atoms with Crippen LogP contribution >= 0.6 is 0 Å². The van der Waals surface area contributed by atoms with Gasteiger partial charge >= 0.3 is 0 Å². The van der Waals surface area contributed by atoms with Crippen LogP contribution in [0.1, 0.15) is 37.7 Å². The zero-order valence-corrected chi connectivity index (χ0v) is 12.8. The Morgan fingerprint density at radius 3 is 2.71 bits per heavy atom. The summed E-state index contributed by atoms with van der Waals surface area (Å²) in [4.78, 5) is 0.344. The van der Waals surface area contributed by atoms with Crippen molar-refractivity contribution in [3.05, 3.63) is 23.8 Å². The molecule has 3 rings (SSSR count). The molecule has 0 radical (unpaired) electrons. The van der Waals surface area contributed by atoms with E-state index in [4.69, 9.17) is 0 Å². The molecule has 0 unspecified atom stereocenters. The second-order valence-corrected chi connectivity index (χ2v) is 7.69. The Bertz CT molecular complexity index is 607. The van der Waals surface area contributed by atoms with Crippen molar-refractivity contribution in [3.63, 3.8) is 0 Å². The molecule has 1 heterocycles. The third-order valence-electron chi connectivity index (χ3n) is 4.34. The van der Waals surface area contributed by atoms with Crippen LogP contribution in [0.15, 0.2) is 23.1 Å². The van der Waals surface area contributed by atoms with Crippen molar-refractivity contribution in [2.75, 3.05) is 11.9 Å². The van der Waals surface area contributed by atoms with Gasteiger partial charge in [-0.25, -0.2) is 13.1 Å². The molecule has 1 aliphatic heterocycles. The van der Waals surface area contributed by atoms with E-state index in [-0.39, 0.29) is 12.1 Å². The van der Waals surface area contributed by atoms with Crippen LogP contribution in [0.4, 0.5) is 5.69 Å². The van der Waals surface area contributed by atoms with Crippen molar-refractivity contribution in [1.29, 1.82) is 0 Å². The molecule has 21 heavy (non-hydrogen) atoms. The van der Waals surface area contributed by atoms with E-state index in [9.17, 15) is 13.5 Å². The number of hydrogen-bond donors (Lipinski definition) is 3. The molecule has 1 aromatic carbocycles. The first kappa shape index (κ1) is 14.8. The minimum absolute atomic E-state index is 0.0624. The van der Waals surface area contributed by atoms with Crippen LogP contribution in [-0.4, -0.2) is 32.2 Å². The summed E-state index contributed by atoms with van der Waals surface area (Å²) in [5, 5.41) is 12.8. The number of benzene rings is 1. The standard InChI is InChI=1S/C15H22N2O3S/c18-13-5-3-12(4-6-13)17-21(19,20)14-7-8-15-11(10-14)2-1-9-16-15/h7-8,10,12-13,16-18H,1-6,9H2/t12-,13-. The number of aliphatic hydroxyl groups is 1. The molecular formula is C15H22N2O3S. The Balaban J connectivity index is 1.75. The molecule has 1 fully saturated rings. The normalized spacial score (nSPS) is 26.0. The molecule has 3 N–H and O–H groups in total.